The van der Waals surface area contributed by atoms with E-state index in [-0.39, 0.29) is 17.8 Å². The van der Waals surface area contributed by atoms with Gasteiger partial charge in [-0.1, -0.05) is 191 Å². The highest BCUT2D eigenvalue weighted by Gasteiger charge is 2.57. The van der Waals surface area contributed by atoms with Crippen LogP contribution in [-0.2, 0) is 0 Å². The Kier molecular flexibility index (Phi) is 8.58. The lowest BCUT2D eigenvalue weighted by atomic mass is 9.73. The molecule has 0 nitrogen and oxygen atoms in total. The first kappa shape index (κ1) is 34.1. The number of hydrogen-bond acceptors (Lipinski definition) is 0. The van der Waals surface area contributed by atoms with Crippen molar-refractivity contribution >= 4 is 22.3 Å². The number of benzene rings is 6. The fourth-order valence-electron chi connectivity index (χ4n) is 9.48. The van der Waals surface area contributed by atoms with E-state index in [4.69, 9.17) is 0 Å². The minimum absolute atomic E-state index is 0.209. The molecule has 0 radical (unpaired) electrons. The van der Waals surface area contributed by atoms with Crippen molar-refractivity contribution in [1.82, 2.24) is 0 Å². The summed E-state index contributed by atoms with van der Waals surface area (Å²) in [6, 6.07) is 55.6. The van der Waals surface area contributed by atoms with Crippen LogP contribution in [0.25, 0.3) is 22.3 Å². The molecule has 0 saturated heterocycles. The SMILES string of the molecule is Cc1ccc(C2=C[C@@H]3C(=C(c4ccc(C)cc4)c4ccc(C)cc4)[C@H]2[C@@H]2C(=C(c4ccc(C)cc4)c4ccc(C)cc4)C=C(c4ccc(C)cc4)[C@@H]23)cc1. The first-order valence-electron chi connectivity index (χ1n) is 19.6. The molecular weight excluding hydrogens is 649 g/mol. The van der Waals surface area contributed by atoms with Crippen molar-refractivity contribution in [2.24, 2.45) is 23.7 Å². The summed E-state index contributed by atoms with van der Waals surface area (Å²) in [7, 11) is 0. The van der Waals surface area contributed by atoms with E-state index in [1.165, 1.54) is 94.6 Å². The van der Waals surface area contributed by atoms with E-state index in [1.807, 2.05) is 0 Å². The number of rotatable bonds is 6. The second-order valence-electron chi connectivity index (χ2n) is 16.1. The maximum absolute atomic E-state index is 2.66. The van der Waals surface area contributed by atoms with Gasteiger partial charge < -0.3 is 0 Å². The Labute approximate surface area is 322 Å². The zero-order chi connectivity index (χ0) is 37.1. The monoisotopic (exact) mass is 696 g/mol. The molecule has 0 heteroatoms. The fraction of sp³-hybridized carbons (Fsp3) is 0.185. The van der Waals surface area contributed by atoms with Gasteiger partial charge in [0.1, 0.15) is 0 Å². The van der Waals surface area contributed by atoms with Crippen LogP contribution in [0.4, 0.5) is 0 Å². The Bertz CT molecular complexity index is 2380. The van der Waals surface area contributed by atoms with Gasteiger partial charge in [0.15, 0.2) is 0 Å². The second-order valence-corrected chi connectivity index (χ2v) is 16.1. The summed E-state index contributed by atoms with van der Waals surface area (Å²) < 4.78 is 0. The van der Waals surface area contributed by atoms with Crippen LogP contribution in [0.2, 0.25) is 0 Å². The standard InChI is InChI=1S/C54H48/c1-33-7-19-39(20-8-33)45-31-47(49(41-23-11-35(3)12-24-41)42-25-13-36(4)14-26-42)54-51(45)48-32-46(40-21-9-34(2)10-22-40)52(54)53(48)50(43-27-15-37(5)16-28-43)44-29-17-38(6)18-30-44/h7-32,48,51-52,54H,1-6H3/t48-,51+,52-,54+/m0/s1. The Hall–Kier alpha value is -5.72. The van der Waals surface area contributed by atoms with E-state index >= 15 is 0 Å². The molecule has 54 heavy (non-hydrogen) atoms. The van der Waals surface area contributed by atoms with Gasteiger partial charge in [0.05, 0.1) is 0 Å². The molecule has 1 fully saturated rings. The topological polar surface area (TPSA) is 0 Å². The van der Waals surface area contributed by atoms with Crippen LogP contribution in [0, 0.1) is 65.2 Å². The normalized spacial score (nSPS) is 19.8. The van der Waals surface area contributed by atoms with Crippen LogP contribution in [0.5, 0.6) is 0 Å². The van der Waals surface area contributed by atoms with Gasteiger partial charge in [0.25, 0.3) is 0 Å². The highest BCUT2D eigenvalue weighted by Crippen LogP contribution is 2.68. The average Bonchev–Trinajstić information content (AvgIpc) is 3.84. The van der Waals surface area contributed by atoms with Gasteiger partial charge in [-0.25, -0.2) is 0 Å². The molecular formula is C54H48. The third-order valence-corrected chi connectivity index (χ3v) is 12.3. The molecule has 0 amide bonds. The molecule has 6 aromatic carbocycles. The van der Waals surface area contributed by atoms with Crippen LogP contribution in [0.1, 0.15) is 66.8 Å². The Morgan fingerprint density at radius 1 is 0.352 bits per heavy atom. The van der Waals surface area contributed by atoms with Crippen molar-refractivity contribution < 1.29 is 0 Å². The largest absolute Gasteiger partial charge is 0.0722 e. The van der Waals surface area contributed by atoms with Gasteiger partial charge in [-0.15, -0.1) is 0 Å². The summed E-state index contributed by atoms with van der Waals surface area (Å²) in [4.78, 5) is 0. The van der Waals surface area contributed by atoms with E-state index in [0.29, 0.717) is 5.92 Å². The van der Waals surface area contributed by atoms with Crippen molar-refractivity contribution in [2.75, 3.05) is 0 Å². The maximum atomic E-state index is 2.66. The molecule has 3 aliphatic rings. The molecule has 0 unspecified atom stereocenters. The molecule has 4 atom stereocenters. The predicted molar refractivity (Wildman–Crippen MR) is 229 cm³/mol. The van der Waals surface area contributed by atoms with Gasteiger partial charge in [-0.3, -0.25) is 0 Å². The molecule has 0 aliphatic heterocycles. The summed E-state index contributed by atoms with van der Waals surface area (Å²) in [5, 5.41) is 0. The zero-order valence-corrected chi connectivity index (χ0v) is 32.3. The third-order valence-electron chi connectivity index (χ3n) is 12.3. The van der Waals surface area contributed by atoms with E-state index in [2.05, 4.69) is 199 Å². The summed E-state index contributed by atoms with van der Waals surface area (Å²) in [6.45, 7) is 13.1. The average molecular weight is 697 g/mol. The van der Waals surface area contributed by atoms with Crippen LogP contribution in [0.3, 0.4) is 0 Å². The lowest BCUT2D eigenvalue weighted by molar-refractivity contribution is 0.472. The summed E-state index contributed by atoms with van der Waals surface area (Å²) >= 11 is 0. The van der Waals surface area contributed by atoms with Crippen LogP contribution in [-0.4, -0.2) is 0 Å². The second kappa shape index (κ2) is 13.6. The number of aryl methyl sites for hydroxylation is 6. The molecule has 9 rings (SSSR count). The van der Waals surface area contributed by atoms with E-state index < -0.39 is 0 Å². The van der Waals surface area contributed by atoms with Crippen LogP contribution in [0.15, 0.2) is 169 Å². The lowest BCUT2D eigenvalue weighted by Gasteiger charge is -2.30. The van der Waals surface area contributed by atoms with Crippen molar-refractivity contribution in [1.29, 1.82) is 0 Å². The lowest BCUT2D eigenvalue weighted by Crippen LogP contribution is -2.21. The summed E-state index contributed by atoms with van der Waals surface area (Å²) in [5.41, 5.74) is 24.3. The molecule has 6 aromatic rings. The quantitative estimate of drug-likeness (QED) is 0.163. The molecule has 3 aliphatic carbocycles. The number of allylic oxidation sites excluding steroid dienone is 6. The van der Waals surface area contributed by atoms with Gasteiger partial charge in [0.2, 0.25) is 0 Å². The van der Waals surface area contributed by atoms with Gasteiger partial charge in [-0.2, -0.15) is 0 Å². The van der Waals surface area contributed by atoms with Gasteiger partial charge in [0, 0.05) is 23.7 Å². The number of fused-ring (bicyclic) bond motifs is 5. The van der Waals surface area contributed by atoms with E-state index in [0.717, 1.165) is 0 Å². The zero-order valence-electron chi connectivity index (χ0n) is 32.3. The first-order valence-corrected chi connectivity index (χ1v) is 19.6. The molecule has 0 N–H and O–H groups in total. The van der Waals surface area contributed by atoms with Gasteiger partial charge in [-0.05, 0) is 108 Å². The fourth-order valence-corrected chi connectivity index (χ4v) is 9.48. The minimum atomic E-state index is 0.209. The molecule has 0 spiro atoms. The van der Waals surface area contributed by atoms with E-state index in [1.54, 1.807) is 5.57 Å². The molecule has 0 heterocycles. The molecule has 2 bridgehead atoms. The highest BCUT2D eigenvalue weighted by atomic mass is 14.6. The first-order chi connectivity index (χ1) is 26.2. The molecule has 264 valence electrons. The highest BCUT2D eigenvalue weighted by molar-refractivity contribution is 5.96. The Morgan fingerprint density at radius 3 is 1.07 bits per heavy atom. The molecule has 1 saturated carbocycles. The Balaban J connectivity index is 1.39. The van der Waals surface area contributed by atoms with Crippen LogP contribution >= 0.6 is 0 Å². The summed E-state index contributed by atoms with van der Waals surface area (Å²) in [5.74, 6) is 1.04. The van der Waals surface area contributed by atoms with Crippen molar-refractivity contribution in [3.63, 3.8) is 0 Å². The van der Waals surface area contributed by atoms with E-state index in [9.17, 15) is 0 Å². The molecule has 0 aromatic heterocycles. The predicted octanol–water partition coefficient (Wildman–Crippen LogP) is 13.5. The van der Waals surface area contributed by atoms with Gasteiger partial charge >= 0.3 is 0 Å². The smallest absolute Gasteiger partial charge is 0.0142 e. The van der Waals surface area contributed by atoms with Crippen molar-refractivity contribution in [2.45, 2.75) is 41.5 Å². The minimum Gasteiger partial charge on any atom is -0.0722 e. The number of hydrogen-bond donors (Lipinski definition) is 0. The van der Waals surface area contributed by atoms with Crippen molar-refractivity contribution in [3.8, 4) is 0 Å². The summed E-state index contributed by atoms with van der Waals surface area (Å²) in [6.07, 6.45) is 5.27. The van der Waals surface area contributed by atoms with Crippen LogP contribution < -0.4 is 0 Å². The Morgan fingerprint density at radius 2 is 0.685 bits per heavy atom. The third kappa shape index (κ3) is 5.95. The maximum Gasteiger partial charge on any atom is 0.0142 e. The van der Waals surface area contributed by atoms with Crippen molar-refractivity contribution in [3.05, 3.63) is 236 Å².